The molecule has 0 bridgehead atoms. The molecule has 2 aromatic carbocycles. The maximum atomic E-state index is 10.9. The van der Waals surface area contributed by atoms with Gasteiger partial charge in [0.05, 0.1) is 6.61 Å². The van der Waals surface area contributed by atoms with Crippen LogP contribution in [0.1, 0.15) is 27.0 Å². The van der Waals surface area contributed by atoms with Crippen molar-refractivity contribution in [3.63, 3.8) is 0 Å². The number of aldehydes is 1. The van der Waals surface area contributed by atoms with Gasteiger partial charge in [-0.25, -0.2) is 0 Å². The average molecular weight is 236 g/mol. The summed E-state index contributed by atoms with van der Waals surface area (Å²) in [4.78, 5) is 10.9. The maximum Gasteiger partial charge on any atom is 0.151 e. The molecule has 2 nitrogen and oxygen atoms in total. The Morgan fingerprint density at radius 2 is 1.56 bits per heavy atom. The lowest BCUT2D eigenvalue weighted by Crippen LogP contribution is -1.89. The maximum absolute atomic E-state index is 10.9. The van der Waals surface area contributed by atoms with Crippen molar-refractivity contribution >= 4 is 6.29 Å². The van der Waals surface area contributed by atoms with Gasteiger partial charge in [-0.05, 0) is 17.7 Å². The monoisotopic (exact) mass is 236 g/mol. The number of hydrogen-bond acceptors (Lipinski definition) is 2. The first-order chi connectivity index (χ1) is 8.85. The Morgan fingerprint density at radius 3 is 2.28 bits per heavy atom. The molecule has 0 saturated carbocycles. The lowest BCUT2D eigenvalue weighted by molar-refractivity contribution is 0.112. The van der Waals surface area contributed by atoms with Gasteiger partial charge >= 0.3 is 0 Å². The van der Waals surface area contributed by atoms with Crippen molar-refractivity contribution < 1.29 is 9.90 Å². The minimum Gasteiger partial charge on any atom is -0.392 e. The zero-order valence-corrected chi connectivity index (χ0v) is 9.76. The van der Waals surface area contributed by atoms with E-state index in [0.717, 1.165) is 17.4 Å². The molecule has 1 N–H and O–H groups in total. The molecule has 2 rings (SSSR count). The zero-order chi connectivity index (χ0) is 12.8. The van der Waals surface area contributed by atoms with Crippen LogP contribution in [0.4, 0.5) is 0 Å². The summed E-state index contributed by atoms with van der Waals surface area (Å²) in [5, 5.41) is 9.19. The molecule has 18 heavy (non-hydrogen) atoms. The Kier molecular flexibility index (Phi) is 3.90. The minimum atomic E-state index is -0.0415. The number of rotatable bonds is 2. The number of carbonyl (C=O) groups excluding carboxylic acids is 1. The van der Waals surface area contributed by atoms with Crippen LogP contribution in [-0.4, -0.2) is 11.4 Å². The highest BCUT2D eigenvalue weighted by molar-refractivity contribution is 5.79. The average Bonchev–Trinajstić information content (AvgIpc) is 2.45. The summed E-state index contributed by atoms with van der Waals surface area (Å²) in [7, 11) is 0. The van der Waals surface area contributed by atoms with E-state index in [2.05, 4.69) is 11.8 Å². The van der Waals surface area contributed by atoms with Gasteiger partial charge in [-0.2, -0.15) is 0 Å². The van der Waals surface area contributed by atoms with Gasteiger partial charge in [-0.15, -0.1) is 0 Å². The van der Waals surface area contributed by atoms with Crippen molar-refractivity contribution in [2.75, 3.05) is 0 Å². The Balaban J connectivity index is 2.40. The van der Waals surface area contributed by atoms with E-state index < -0.39 is 0 Å². The number of benzene rings is 2. The van der Waals surface area contributed by atoms with Crippen molar-refractivity contribution in [1.82, 2.24) is 0 Å². The highest BCUT2D eigenvalue weighted by atomic mass is 16.3. The molecular formula is C16H12O2. The fourth-order valence-electron chi connectivity index (χ4n) is 1.63. The normalized spacial score (nSPS) is 9.39. The van der Waals surface area contributed by atoms with Crippen molar-refractivity contribution in [3.8, 4) is 11.8 Å². The predicted molar refractivity (Wildman–Crippen MR) is 70.2 cm³/mol. The lowest BCUT2D eigenvalue weighted by atomic mass is 10.1. The van der Waals surface area contributed by atoms with Gasteiger partial charge in [0, 0.05) is 16.7 Å². The summed E-state index contributed by atoms with van der Waals surface area (Å²) in [5.41, 5.74) is 2.83. The Morgan fingerprint density at radius 1 is 0.944 bits per heavy atom. The molecule has 0 unspecified atom stereocenters. The number of aliphatic hydroxyl groups excluding tert-OH is 1. The topological polar surface area (TPSA) is 37.3 Å². The van der Waals surface area contributed by atoms with Crippen LogP contribution in [0.25, 0.3) is 0 Å². The van der Waals surface area contributed by atoms with E-state index in [-0.39, 0.29) is 6.61 Å². The molecule has 88 valence electrons. The van der Waals surface area contributed by atoms with Crippen LogP contribution in [0, 0.1) is 11.8 Å². The van der Waals surface area contributed by atoms with Gasteiger partial charge in [-0.1, -0.05) is 48.2 Å². The van der Waals surface area contributed by atoms with Crippen LogP contribution in [-0.2, 0) is 6.61 Å². The first-order valence-corrected chi connectivity index (χ1v) is 5.60. The van der Waals surface area contributed by atoms with E-state index in [4.69, 9.17) is 0 Å². The number of carbonyl (C=O) groups is 1. The van der Waals surface area contributed by atoms with Crippen molar-refractivity contribution in [2.45, 2.75) is 6.61 Å². The van der Waals surface area contributed by atoms with Gasteiger partial charge in [0.25, 0.3) is 0 Å². The third-order valence-corrected chi connectivity index (χ3v) is 2.61. The Bertz CT molecular complexity index is 618. The molecule has 0 aliphatic carbocycles. The molecule has 2 aromatic rings. The van der Waals surface area contributed by atoms with E-state index in [0.29, 0.717) is 11.1 Å². The van der Waals surface area contributed by atoms with Crippen molar-refractivity contribution in [1.29, 1.82) is 0 Å². The van der Waals surface area contributed by atoms with Crippen LogP contribution in [0.5, 0.6) is 0 Å². The highest BCUT2D eigenvalue weighted by Crippen LogP contribution is 2.08. The Labute approximate surface area is 106 Å². The molecule has 0 radical (unpaired) electrons. The van der Waals surface area contributed by atoms with E-state index in [1.165, 1.54) is 0 Å². The van der Waals surface area contributed by atoms with Crippen molar-refractivity contribution in [2.24, 2.45) is 0 Å². The van der Waals surface area contributed by atoms with E-state index in [1.807, 2.05) is 30.3 Å². The van der Waals surface area contributed by atoms with Crippen LogP contribution >= 0.6 is 0 Å². The molecule has 0 atom stereocenters. The molecular weight excluding hydrogens is 224 g/mol. The molecule has 0 saturated heterocycles. The summed E-state index contributed by atoms with van der Waals surface area (Å²) < 4.78 is 0. The highest BCUT2D eigenvalue weighted by Gasteiger charge is 1.98. The van der Waals surface area contributed by atoms with Crippen LogP contribution in [0.3, 0.4) is 0 Å². The SMILES string of the molecule is O=Cc1ccccc1C#Cc1ccccc1CO. The van der Waals surface area contributed by atoms with Gasteiger partial charge < -0.3 is 5.11 Å². The molecule has 0 spiro atoms. The second-order valence-corrected chi connectivity index (χ2v) is 3.77. The van der Waals surface area contributed by atoms with Gasteiger partial charge in [0.2, 0.25) is 0 Å². The van der Waals surface area contributed by atoms with Gasteiger partial charge in [0.1, 0.15) is 0 Å². The van der Waals surface area contributed by atoms with Gasteiger partial charge in [-0.3, -0.25) is 4.79 Å². The van der Waals surface area contributed by atoms with Gasteiger partial charge in [0.15, 0.2) is 6.29 Å². The summed E-state index contributed by atoms with van der Waals surface area (Å²) in [6, 6.07) is 14.6. The third kappa shape index (κ3) is 2.65. The summed E-state index contributed by atoms with van der Waals surface area (Å²) in [5.74, 6) is 5.95. The largest absolute Gasteiger partial charge is 0.392 e. The molecule has 0 heterocycles. The first-order valence-electron chi connectivity index (χ1n) is 5.60. The molecule has 0 aliphatic rings. The fraction of sp³-hybridized carbons (Fsp3) is 0.0625. The molecule has 0 fully saturated rings. The third-order valence-electron chi connectivity index (χ3n) is 2.61. The van der Waals surface area contributed by atoms with Crippen molar-refractivity contribution in [3.05, 3.63) is 70.8 Å². The van der Waals surface area contributed by atoms with Crippen LogP contribution in [0.15, 0.2) is 48.5 Å². The minimum absolute atomic E-state index is 0.0415. The number of hydrogen-bond donors (Lipinski definition) is 1. The summed E-state index contributed by atoms with van der Waals surface area (Å²) in [6.07, 6.45) is 0.794. The van der Waals surface area contributed by atoms with E-state index in [9.17, 15) is 9.90 Å². The molecule has 2 heteroatoms. The number of aliphatic hydroxyl groups is 1. The second-order valence-electron chi connectivity index (χ2n) is 3.77. The fourth-order valence-corrected chi connectivity index (χ4v) is 1.63. The quantitative estimate of drug-likeness (QED) is 0.642. The summed E-state index contributed by atoms with van der Waals surface area (Å²) in [6.45, 7) is -0.0415. The zero-order valence-electron chi connectivity index (χ0n) is 9.76. The Hall–Kier alpha value is -2.37. The van der Waals surface area contributed by atoms with E-state index in [1.54, 1.807) is 18.2 Å². The molecule has 0 aromatic heterocycles. The standard InChI is InChI=1S/C16H12O2/c17-11-15-7-3-1-5-13(15)9-10-14-6-2-4-8-16(14)12-18/h1-8,11,18H,12H2. The lowest BCUT2D eigenvalue weighted by Gasteiger charge is -1.99. The van der Waals surface area contributed by atoms with Crippen LogP contribution < -0.4 is 0 Å². The molecule has 0 aliphatic heterocycles. The summed E-state index contributed by atoms with van der Waals surface area (Å²) >= 11 is 0. The first kappa shape index (κ1) is 12.1. The second kappa shape index (κ2) is 5.81. The predicted octanol–water partition coefficient (Wildman–Crippen LogP) is 2.39. The van der Waals surface area contributed by atoms with Crippen LogP contribution in [0.2, 0.25) is 0 Å². The smallest absolute Gasteiger partial charge is 0.151 e. The molecule has 0 amide bonds. The van der Waals surface area contributed by atoms with E-state index >= 15 is 0 Å².